The lowest BCUT2D eigenvalue weighted by Crippen LogP contribution is -2.40. The maximum Gasteiger partial charge on any atom is 0.338 e. The molecule has 2 heterocycles. The van der Waals surface area contributed by atoms with E-state index in [0.29, 0.717) is 21.6 Å². The highest BCUT2D eigenvalue weighted by molar-refractivity contribution is 7.07. The van der Waals surface area contributed by atoms with Crippen molar-refractivity contribution in [2.75, 3.05) is 13.7 Å². The minimum atomic E-state index is -0.927. The first-order chi connectivity index (χ1) is 19.0. The maximum absolute atomic E-state index is 13.8. The van der Waals surface area contributed by atoms with Gasteiger partial charge in [-0.25, -0.2) is 9.79 Å². The zero-order chi connectivity index (χ0) is 29.1. The Bertz CT molecular complexity index is 1720. The van der Waals surface area contributed by atoms with Crippen LogP contribution >= 0.6 is 11.3 Å². The molecule has 11 nitrogen and oxygen atoms in total. The number of fused-ring (bicyclic) bond motifs is 1. The molecule has 0 fully saturated rings. The van der Waals surface area contributed by atoms with Crippen LogP contribution in [-0.4, -0.2) is 35.1 Å². The van der Waals surface area contributed by atoms with Gasteiger partial charge in [-0.2, -0.15) is 0 Å². The average Bonchev–Trinajstić information content (AvgIpc) is 3.20. The largest absolute Gasteiger partial charge is 0.493 e. The highest BCUT2D eigenvalue weighted by Crippen LogP contribution is 2.36. The van der Waals surface area contributed by atoms with Crippen molar-refractivity contribution in [1.29, 1.82) is 0 Å². The lowest BCUT2D eigenvalue weighted by Gasteiger charge is -2.25. The molecular formula is C28H27N3O8S. The van der Waals surface area contributed by atoms with Crippen molar-refractivity contribution in [1.82, 2.24) is 4.57 Å². The van der Waals surface area contributed by atoms with Gasteiger partial charge < -0.3 is 14.2 Å². The van der Waals surface area contributed by atoms with Crippen molar-refractivity contribution >= 4 is 35.0 Å². The smallest absolute Gasteiger partial charge is 0.338 e. The SMILES string of the molecule is COc1cc([C@H]2C(C(=O)OCC(C)C)=C(C)N=c3s/c(=C/c4cccc([N+](=O)[O-])c4)c(=O)n32)ccc1OC(C)=O. The Morgan fingerprint density at radius 1 is 1.20 bits per heavy atom. The third kappa shape index (κ3) is 5.86. The molecule has 4 rings (SSSR count). The molecule has 1 atom stereocenters. The molecule has 1 aromatic heterocycles. The Morgan fingerprint density at radius 3 is 2.60 bits per heavy atom. The van der Waals surface area contributed by atoms with E-state index in [1.54, 1.807) is 31.2 Å². The standard InChI is InChI=1S/C28H27N3O8S/c1-15(2)14-38-27(34)24-16(3)29-28-30(25(24)19-9-10-21(39-17(4)32)22(13-19)37-5)26(33)23(40-28)12-18-7-6-8-20(11-18)31(35)36/h6-13,15,25H,14H2,1-5H3/b23-12+/t25-/m0/s1. The van der Waals surface area contributed by atoms with Crippen molar-refractivity contribution in [3.8, 4) is 11.5 Å². The number of nitro groups is 1. The summed E-state index contributed by atoms with van der Waals surface area (Å²) in [6.07, 6.45) is 1.55. The predicted molar refractivity (Wildman–Crippen MR) is 147 cm³/mol. The molecule has 208 valence electrons. The summed E-state index contributed by atoms with van der Waals surface area (Å²) in [4.78, 5) is 54.3. The number of thiazole rings is 1. The van der Waals surface area contributed by atoms with Crippen LogP contribution in [0, 0.1) is 16.0 Å². The number of carbonyl (C=O) groups is 2. The van der Waals surface area contributed by atoms with Crippen molar-refractivity contribution in [2.45, 2.75) is 33.7 Å². The Labute approximate surface area is 232 Å². The molecule has 0 spiro atoms. The van der Waals surface area contributed by atoms with E-state index in [9.17, 15) is 24.5 Å². The van der Waals surface area contributed by atoms with Crippen molar-refractivity contribution < 1.29 is 28.7 Å². The van der Waals surface area contributed by atoms with E-state index in [4.69, 9.17) is 14.2 Å². The van der Waals surface area contributed by atoms with Crippen LogP contribution in [0.25, 0.3) is 6.08 Å². The van der Waals surface area contributed by atoms with Gasteiger partial charge in [0.05, 0.1) is 40.5 Å². The number of rotatable bonds is 8. The van der Waals surface area contributed by atoms with Crippen LogP contribution in [0.2, 0.25) is 0 Å². The van der Waals surface area contributed by atoms with Gasteiger partial charge in [-0.05, 0) is 42.2 Å². The second kappa shape index (κ2) is 11.7. The fraction of sp³-hybridized carbons (Fsp3) is 0.286. The third-order valence-electron chi connectivity index (χ3n) is 5.93. The third-order valence-corrected chi connectivity index (χ3v) is 6.91. The number of nitrogens with zero attached hydrogens (tertiary/aromatic N) is 3. The van der Waals surface area contributed by atoms with Gasteiger partial charge in [-0.3, -0.25) is 24.3 Å². The predicted octanol–water partition coefficient (Wildman–Crippen LogP) is 3.28. The monoisotopic (exact) mass is 565 g/mol. The van der Waals surface area contributed by atoms with Crippen molar-refractivity contribution in [2.24, 2.45) is 10.9 Å². The molecule has 0 unspecified atom stereocenters. The number of hydrogen-bond acceptors (Lipinski definition) is 10. The van der Waals surface area contributed by atoms with Crippen LogP contribution in [0.4, 0.5) is 5.69 Å². The van der Waals surface area contributed by atoms with E-state index < -0.39 is 28.5 Å². The van der Waals surface area contributed by atoms with E-state index in [0.717, 1.165) is 11.3 Å². The highest BCUT2D eigenvalue weighted by atomic mass is 32.1. The van der Waals surface area contributed by atoms with Gasteiger partial charge in [0.1, 0.15) is 0 Å². The molecule has 2 aromatic carbocycles. The number of esters is 2. The Kier molecular flexibility index (Phi) is 8.29. The van der Waals surface area contributed by atoms with Crippen LogP contribution in [0.1, 0.15) is 44.9 Å². The molecule has 0 saturated heterocycles. The minimum Gasteiger partial charge on any atom is -0.493 e. The summed E-state index contributed by atoms with van der Waals surface area (Å²) in [7, 11) is 1.41. The molecule has 0 saturated carbocycles. The topological polar surface area (TPSA) is 139 Å². The molecule has 12 heteroatoms. The Balaban J connectivity index is 1.93. The van der Waals surface area contributed by atoms with E-state index in [1.807, 2.05) is 13.8 Å². The maximum atomic E-state index is 13.8. The number of aromatic nitrogens is 1. The quantitative estimate of drug-likeness (QED) is 0.176. The summed E-state index contributed by atoms with van der Waals surface area (Å²) in [5.41, 5.74) is 0.981. The number of nitro benzene ring substituents is 1. The van der Waals surface area contributed by atoms with Crippen molar-refractivity contribution in [3.05, 3.63) is 94.7 Å². The Hall–Kier alpha value is -4.58. The number of methoxy groups -OCH3 is 1. The van der Waals surface area contributed by atoms with Crippen LogP contribution in [0.15, 0.2) is 63.5 Å². The second-order valence-corrected chi connectivity index (χ2v) is 10.4. The van der Waals surface area contributed by atoms with Gasteiger partial charge in [0.2, 0.25) is 0 Å². The van der Waals surface area contributed by atoms with Gasteiger partial charge in [0.15, 0.2) is 16.3 Å². The molecule has 1 aliphatic heterocycles. The van der Waals surface area contributed by atoms with Crippen molar-refractivity contribution in [3.63, 3.8) is 0 Å². The van der Waals surface area contributed by atoms with Gasteiger partial charge in [0, 0.05) is 19.1 Å². The first kappa shape index (κ1) is 28.4. The average molecular weight is 566 g/mol. The second-order valence-electron chi connectivity index (χ2n) is 9.43. The fourth-order valence-corrected chi connectivity index (χ4v) is 5.24. The number of carbonyl (C=O) groups excluding carboxylic acids is 2. The minimum absolute atomic E-state index is 0.0857. The molecule has 40 heavy (non-hydrogen) atoms. The van der Waals surface area contributed by atoms with E-state index in [2.05, 4.69) is 4.99 Å². The first-order valence-electron chi connectivity index (χ1n) is 12.3. The lowest BCUT2D eigenvalue weighted by molar-refractivity contribution is -0.384. The number of allylic oxidation sites excluding steroid dienone is 1. The van der Waals surface area contributed by atoms with Crippen LogP contribution < -0.4 is 24.4 Å². The summed E-state index contributed by atoms with van der Waals surface area (Å²) >= 11 is 1.10. The zero-order valence-corrected chi connectivity index (χ0v) is 23.3. The van der Waals surface area contributed by atoms with Gasteiger partial charge >= 0.3 is 11.9 Å². The van der Waals surface area contributed by atoms with Gasteiger partial charge in [-0.1, -0.05) is 43.4 Å². The molecule has 0 N–H and O–H groups in total. The summed E-state index contributed by atoms with van der Waals surface area (Å²) in [5, 5.41) is 11.2. The summed E-state index contributed by atoms with van der Waals surface area (Å²) < 4.78 is 17.9. The molecule has 0 amide bonds. The lowest BCUT2D eigenvalue weighted by atomic mass is 9.95. The summed E-state index contributed by atoms with van der Waals surface area (Å²) in [6.45, 7) is 6.93. The fourth-order valence-electron chi connectivity index (χ4n) is 4.19. The zero-order valence-electron chi connectivity index (χ0n) is 22.5. The molecular weight excluding hydrogens is 538 g/mol. The normalized spacial score (nSPS) is 14.9. The van der Waals surface area contributed by atoms with Gasteiger partial charge in [0.25, 0.3) is 11.2 Å². The Morgan fingerprint density at radius 2 is 1.95 bits per heavy atom. The summed E-state index contributed by atoms with van der Waals surface area (Å²) in [6, 6.07) is 9.75. The van der Waals surface area contributed by atoms with E-state index >= 15 is 0 Å². The molecule has 0 bridgehead atoms. The van der Waals surface area contributed by atoms with Crippen LogP contribution in [0.3, 0.4) is 0 Å². The van der Waals surface area contributed by atoms with Crippen LogP contribution in [0.5, 0.6) is 11.5 Å². The van der Waals surface area contributed by atoms with E-state index in [-0.39, 0.29) is 39.8 Å². The highest BCUT2D eigenvalue weighted by Gasteiger charge is 2.34. The number of non-ortho nitro benzene ring substituents is 1. The van der Waals surface area contributed by atoms with E-state index in [1.165, 1.54) is 42.9 Å². The number of benzene rings is 2. The number of ether oxygens (including phenoxy) is 3. The van der Waals surface area contributed by atoms with Crippen LogP contribution in [-0.2, 0) is 14.3 Å². The molecule has 0 aliphatic carbocycles. The molecule has 1 aliphatic rings. The molecule has 0 radical (unpaired) electrons. The first-order valence-corrected chi connectivity index (χ1v) is 13.1. The number of hydrogen-bond donors (Lipinski definition) is 0. The summed E-state index contributed by atoms with van der Waals surface area (Å²) in [5.74, 6) is -0.648. The molecule has 3 aromatic rings. The van der Waals surface area contributed by atoms with Gasteiger partial charge in [-0.15, -0.1) is 0 Å².